The molecule has 0 aliphatic heterocycles. The molecule has 5 nitrogen and oxygen atoms in total. The molecule has 0 heterocycles. The molecule has 1 aliphatic rings. The van der Waals surface area contributed by atoms with Crippen molar-refractivity contribution >= 4 is 15.8 Å². The highest BCUT2D eigenvalue weighted by Gasteiger charge is 2.68. The smallest absolute Gasteiger partial charge is 0.325 e. The molecule has 6 heteroatoms. The first-order valence-corrected chi connectivity index (χ1v) is 6.43. The van der Waals surface area contributed by atoms with Crippen molar-refractivity contribution in [1.29, 1.82) is 5.26 Å². The van der Waals surface area contributed by atoms with Crippen LogP contribution >= 0.6 is 0 Å². The van der Waals surface area contributed by atoms with E-state index in [0.717, 1.165) is 0 Å². The fourth-order valence-corrected chi connectivity index (χ4v) is 3.80. The van der Waals surface area contributed by atoms with Crippen LogP contribution in [0.1, 0.15) is 6.42 Å². The van der Waals surface area contributed by atoms with E-state index in [0.29, 0.717) is 0 Å². The number of carboxylic acids is 1. The van der Waals surface area contributed by atoms with Crippen LogP contribution < -0.4 is 0 Å². The maximum absolute atomic E-state index is 12.1. The Morgan fingerprint density at radius 2 is 2.00 bits per heavy atom. The van der Waals surface area contributed by atoms with Gasteiger partial charge in [0.15, 0.2) is 15.3 Å². The number of sulfone groups is 1. The van der Waals surface area contributed by atoms with E-state index in [4.69, 9.17) is 10.4 Å². The van der Waals surface area contributed by atoms with Crippen LogP contribution in [0.4, 0.5) is 0 Å². The lowest BCUT2D eigenvalue weighted by Gasteiger charge is -2.04. The van der Waals surface area contributed by atoms with E-state index in [9.17, 15) is 13.2 Å². The van der Waals surface area contributed by atoms with E-state index in [1.807, 2.05) is 0 Å². The minimum absolute atomic E-state index is 0.0587. The average Bonchev–Trinajstić information content (AvgIpc) is 3.07. The van der Waals surface area contributed by atoms with Crippen LogP contribution in [0.5, 0.6) is 0 Å². The van der Waals surface area contributed by atoms with Gasteiger partial charge < -0.3 is 5.11 Å². The van der Waals surface area contributed by atoms with Gasteiger partial charge in [0.2, 0.25) is 0 Å². The molecule has 1 aliphatic carbocycles. The van der Waals surface area contributed by atoms with E-state index < -0.39 is 26.5 Å². The summed E-state index contributed by atoms with van der Waals surface area (Å²) in [4.78, 5) is 11.0. The van der Waals surface area contributed by atoms with E-state index >= 15 is 0 Å². The molecule has 2 atom stereocenters. The quantitative estimate of drug-likeness (QED) is 0.858. The van der Waals surface area contributed by atoms with Gasteiger partial charge in [0.05, 0.1) is 16.2 Å². The highest BCUT2D eigenvalue weighted by Crippen LogP contribution is 2.52. The maximum Gasteiger partial charge on any atom is 0.325 e. The Hall–Kier alpha value is -1.87. The van der Waals surface area contributed by atoms with E-state index in [2.05, 4.69) is 0 Å². The number of carbonyl (C=O) groups is 1. The normalized spacial score (nSPS) is 27.1. The Balaban J connectivity index is 2.40. The van der Waals surface area contributed by atoms with Crippen LogP contribution in [0.25, 0.3) is 0 Å². The predicted octanol–water partition coefficient (Wildman–Crippen LogP) is 0.827. The van der Waals surface area contributed by atoms with Gasteiger partial charge in [-0.15, -0.1) is 0 Å². The third-order valence-corrected chi connectivity index (χ3v) is 5.17. The number of rotatable bonds is 3. The monoisotopic (exact) mass is 251 g/mol. The summed E-state index contributed by atoms with van der Waals surface area (Å²) in [6.45, 7) is 0. The van der Waals surface area contributed by atoms with Gasteiger partial charge in [0, 0.05) is 0 Å². The lowest BCUT2D eigenvalue weighted by molar-refractivity contribution is -0.141. The molecule has 0 amide bonds. The molecule has 1 N–H and O–H groups in total. The zero-order valence-electron chi connectivity index (χ0n) is 8.70. The number of benzene rings is 1. The van der Waals surface area contributed by atoms with Crippen molar-refractivity contribution in [3.05, 3.63) is 30.3 Å². The second-order valence-corrected chi connectivity index (χ2v) is 6.07. The molecule has 1 saturated carbocycles. The van der Waals surface area contributed by atoms with Crippen LogP contribution in [0.3, 0.4) is 0 Å². The highest BCUT2D eigenvalue weighted by molar-refractivity contribution is 7.92. The van der Waals surface area contributed by atoms with Crippen molar-refractivity contribution in [1.82, 2.24) is 0 Å². The zero-order valence-corrected chi connectivity index (χ0v) is 9.52. The Labute approximate surface area is 98.2 Å². The second kappa shape index (κ2) is 3.57. The molecular formula is C11H9NO4S. The van der Waals surface area contributed by atoms with Crippen LogP contribution in [0, 0.1) is 16.7 Å². The number of aliphatic carboxylic acids is 1. The minimum atomic E-state index is -3.73. The highest BCUT2D eigenvalue weighted by atomic mass is 32.2. The first-order chi connectivity index (χ1) is 7.95. The Bertz CT molecular complexity index is 602. The molecule has 2 unspecified atom stereocenters. The van der Waals surface area contributed by atoms with Gasteiger partial charge in [-0.2, -0.15) is 5.26 Å². The van der Waals surface area contributed by atoms with Crippen molar-refractivity contribution in [3.63, 3.8) is 0 Å². The van der Waals surface area contributed by atoms with Crippen molar-refractivity contribution in [2.24, 2.45) is 5.41 Å². The molecule has 17 heavy (non-hydrogen) atoms. The van der Waals surface area contributed by atoms with Gasteiger partial charge in [-0.25, -0.2) is 8.42 Å². The molecule has 0 bridgehead atoms. The standard InChI is InChI=1S/C11H9NO4S/c12-7-11(10(13)14)6-9(11)17(15,16)8-4-2-1-3-5-8/h1-5,9H,6H2,(H,13,14). The summed E-state index contributed by atoms with van der Waals surface area (Å²) in [5.74, 6) is -1.37. The molecule has 0 aromatic heterocycles. The van der Waals surface area contributed by atoms with Gasteiger partial charge in [-0.05, 0) is 18.6 Å². The molecule has 1 aromatic rings. The van der Waals surface area contributed by atoms with Gasteiger partial charge in [0.25, 0.3) is 0 Å². The summed E-state index contributed by atoms with van der Waals surface area (Å²) in [6, 6.07) is 9.19. The third-order valence-electron chi connectivity index (χ3n) is 2.92. The van der Waals surface area contributed by atoms with Gasteiger partial charge in [-0.1, -0.05) is 18.2 Å². The molecule has 0 radical (unpaired) electrons. The number of nitrogens with zero attached hydrogens (tertiary/aromatic N) is 1. The van der Waals surface area contributed by atoms with Crippen molar-refractivity contribution < 1.29 is 18.3 Å². The Morgan fingerprint density at radius 1 is 1.41 bits per heavy atom. The SMILES string of the molecule is N#CC1(C(=O)O)CC1S(=O)(=O)c1ccccc1. The van der Waals surface area contributed by atoms with Crippen molar-refractivity contribution in [2.45, 2.75) is 16.6 Å². The Morgan fingerprint density at radius 3 is 2.41 bits per heavy atom. The third kappa shape index (κ3) is 1.59. The van der Waals surface area contributed by atoms with Crippen LogP contribution in [0.2, 0.25) is 0 Å². The maximum atomic E-state index is 12.1. The predicted molar refractivity (Wildman–Crippen MR) is 57.7 cm³/mol. The summed E-state index contributed by atoms with van der Waals surface area (Å²) in [5, 5.41) is 16.6. The summed E-state index contributed by atoms with van der Waals surface area (Å²) < 4.78 is 24.1. The summed E-state index contributed by atoms with van der Waals surface area (Å²) in [5.41, 5.74) is -1.77. The van der Waals surface area contributed by atoms with Crippen LogP contribution in [-0.4, -0.2) is 24.7 Å². The number of hydrogen-bond donors (Lipinski definition) is 1. The topological polar surface area (TPSA) is 95.2 Å². The number of carboxylic acid groups (broad SMARTS) is 1. The summed E-state index contributed by atoms with van der Waals surface area (Å²) in [7, 11) is -3.73. The van der Waals surface area contributed by atoms with Gasteiger partial charge in [0.1, 0.15) is 0 Å². The molecule has 88 valence electrons. The van der Waals surface area contributed by atoms with Crippen LogP contribution in [-0.2, 0) is 14.6 Å². The molecule has 2 rings (SSSR count). The largest absolute Gasteiger partial charge is 0.480 e. The minimum Gasteiger partial charge on any atom is -0.480 e. The molecule has 1 aromatic carbocycles. The van der Waals surface area contributed by atoms with E-state index in [1.165, 1.54) is 12.1 Å². The lowest BCUT2D eigenvalue weighted by atomic mass is 10.1. The van der Waals surface area contributed by atoms with Crippen LogP contribution in [0.15, 0.2) is 35.2 Å². The molecule has 0 spiro atoms. The fraction of sp³-hybridized carbons (Fsp3) is 0.273. The number of hydrogen-bond acceptors (Lipinski definition) is 4. The first kappa shape index (κ1) is 11.6. The first-order valence-electron chi connectivity index (χ1n) is 4.89. The van der Waals surface area contributed by atoms with Crippen molar-refractivity contribution in [2.75, 3.05) is 0 Å². The Kier molecular flexibility index (Phi) is 2.44. The van der Waals surface area contributed by atoms with Gasteiger partial charge in [-0.3, -0.25) is 4.79 Å². The summed E-state index contributed by atoms with van der Waals surface area (Å²) >= 11 is 0. The van der Waals surface area contributed by atoms with Gasteiger partial charge >= 0.3 is 5.97 Å². The van der Waals surface area contributed by atoms with E-state index in [1.54, 1.807) is 24.3 Å². The molecule has 1 fully saturated rings. The number of nitriles is 1. The second-order valence-electron chi connectivity index (χ2n) is 3.94. The van der Waals surface area contributed by atoms with E-state index in [-0.39, 0.29) is 11.3 Å². The fourth-order valence-electron chi connectivity index (χ4n) is 1.77. The molecular weight excluding hydrogens is 242 g/mol. The van der Waals surface area contributed by atoms with Crippen molar-refractivity contribution in [3.8, 4) is 6.07 Å². The summed E-state index contributed by atoms with van der Waals surface area (Å²) in [6.07, 6.45) is -0.143. The zero-order chi connectivity index (χ0) is 12.7. The lowest BCUT2D eigenvalue weighted by Crippen LogP contribution is -2.22. The average molecular weight is 251 g/mol. The molecule has 0 saturated heterocycles.